The molecule has 5 nitrogen and oxygen atoms in total. The molecule has 0 fully saturated rings. The minimum atomic E-state index is -1.55. The molecule has 0 spiro atoms. The summed E-state index contributed by atoms with van der Waals surface area (Å²) in [6, 6.07) is 2.85. The maximum absolute atomic E-state index is 9.44. The van der Waals surface area contributed by atoms with Crippen molar-refractivity contribution in [2.75, 3.05) is 5.73 Å². The number of aliphatic hydroxyl groups is 2. The van der Waals surface area contributed by atoms with Crippen LogP contribution in [-0.4, -0.2) is 21.3 Å². The highest BCUT2D eigenvalue weighted by Gasteiger charge is 2.21. The maximum Gasteiger partial charge on any atom is 0.170 e. The van der Waals surface area contributed by atoms with Gasteiger partial charge >= 0.3 is 0 Å². The number of anilines is 1. The fourth-order valence-electron chi connectivity index (χ4n) is 0.930. The number of halogens is 1. The minimum Gasteiger partial charge on any atom is -0.397 e. The zero-order valence-corrected chi connectivity index (χ0v) is 7.81. The van der Waals surface area contributed by atoms with E-state index < -0.39 is 12.2 Å². The number of hydrogen-bond acceptors (Lipinski definition) is 5. The van der Waals surface area contributed by atoms with Gasteiger partial charge in [0.15, 0.2) is 6.10 Å². The second-order valence-corrected chi connectivity index (χ2v) is 3.03. The van der Waals surface area contributed by atoms with Crippen LogP contribution in [0.4, 0.5) is 5.69 Å². The van der Waals surface area contributed by atoms with E-state index in [1.165, 1.54) is 18.3 Å². The third-order valence-electron chi connectivity index (χ3n) is 1.64. The number of aliphatic hydroxyl groups excluding tert-OH is 2. The summed E-state index contributed by atoms with van der Waals surface area (Å²) in [6.45, 7) is 0. The summed E-state index contributed by atoms with van der Waals surface area (Å²) in [5.74, 6) is 0. The van der Waals surface area contributed by atoms with E-state index in [-0.39, 0.29) is 10.7 Å². The molecular weight excluding hydrogens is 206 g/mol. The standard InChI is InChI=1S/C8H8ClN3O2/c9-8-5(1-4(11)3-12-8)7(14)6(13)2-10/h1,3,6-7,13-14H,11H2. The molecule has 74 valence electrons. The predicted octanol–water partition coefficient (Wildman–Crippen LogP) is 0.235. The molecular formula is C8H8ClN3O2. The van der Waals surface area contributed by atoms with Gasteiger partial charge in [-0.15, -0.1) is 0 Å². The Kier molecular flexibility index (Phi) is 3.25. The quantitative estimate of drug-likeness (QED) is 0.482. The third-order valence-corrected chi connectivity index (χ3v) is 1.95. The lowest BCUT2D eigenvalue weighted by Crippen LogP contribution is -2.16. The average molecular weight is 214 g/mol. The molecule has 0 aliphatic carbocycles. The van der Waals surface area contributed by atoms with Crippen LogP contribution in [0, 0.1) is 11.3 Å². The van der Waals surface area contributed by atoms with Gasteiger partial charge in [0.05, 0.1) is 18.0 Å². The van der Waals surface area contributed by atoms with Crippen molar-refractivity contribution in [3.63, 3.8) is 0 Å². The molecule has 14 heavy (non-hydrogen) atoms. The van der Waals surface area contributed by atoms with E-state index in [9.17, 15) is 5.11 Å². The topological polar surface area (TPSA) is 103 Å². The van der Waals surface area contributed by atoms with Gasteiger partial charge in [-0.25, -0.2) is 4.98 Å². The summed E-state index contributed by atoms with van der Waals surface area (Å²) in [6.07, 6.45) is -1.63. The Bertz CT molecular complexity index is 377. The third kappa shape index (κ3) is 2.12. The molecule has 0 aliphatic rings. The van der Waals surface area contributed by atoms with Crippen LogP contribution in [0.1, 0.15) is 11.7 Å². The minimum absolute atomic E-state index is 0.0148. The van der Waals surface area contributed by atoms with E-state index in [0.29, 0.717) is 5.69 Å². The molecule has 0 aromatic carbocycles. The van der Waals surface area contributed by atoms with E-state index in [2.05, 4.69) is 4.98 Å². The van der Waals surface area contributed by atoms with E-state index in [0.717, 1.165) is 0 Å². The summed E-state index contributed by atoms with van der Waals surface area (Å²) < 4.78 is 0. The number of nitrogens with zero attached hydrogens (tertiary/aromatic N) is 2. The molecule has 1 aromatic rings. The highest BCUT2D eigenvalue weighted by Crippen LogP contribution is 2.24. The van der Waals surface area contributed by atoms with Crippen LogP contribution in [0.15, 0.2) is 12.3 Å². The first-order valence-corrected chi connectivity index (χ1v) is 4.10. The maximum atomic E-state index is 9.44. The van der Waals surface area contributed by atoms with E-state index in [1.54, 1.807) is 0 Å². The van der Waals surface area contributed by atoms with Gasteiger partial charge in [0.2, 0.25) is 0 Å². The van der Waals surface area contributed by atoms with Crippen LogP contribution in [0.5, 0.6) is 0 Å². The van der Waals surface area contributed by atoms with E-state index in [1.807, 2.05) is 0 Å². The molecule has 1 heterocycles. The Balaban J connectivity index is 3.07. The number of aromatic nitrogens is 1. The molecule has 0 aliphatic heterocycles. The van der Waals surface area contributed by atoms with Crippen molar-refractivity contribution in [1.29, 1.82) is 5.26 Å². The van der Waals surface area contributed by atoms with Crippen molar-refractivity contribution in [3.05, 3.63) is 23.0 Å². The van der Waals surface area contributed by atoms with Crippen LogP contribution < -0.4 is 5.73 Å². The smallest absolute Gasteiger partial charge is 0.170 e. The average Bonchev–Trinajstić information content (AvgIpc) is 2.19. The lowest BCUT2D eigenvalue weighted by atomic mass is 10.1. The predicted molar refractivity (Wildman–Crippen MR) is 50.2 cm³/mol. The van der Waals surface area contributed by atoms with Crippen molar-refractivity contribution in [1.82, 2.24) is 4.98 Å². The Morgan fingerprint density at radius 3 is 2.79 bits per heavy atom. The number of hydrogen-bond donors (Lipinski definition) is 3. The van der Waals surface area contributed by atoms with Gasteiger partial charge in [-0.05, 0) is 6.07 Å². The highest BCUT2D eigenvalue weighted by atomic mass is 35.5. The molecule has 0 saturated heterocycles. The second-order valence-electron chi connectivity index (χ2n) is 2.67. The van der Waals surface area contributed by atoms with Gasteiger partial charge in [-0.3, -0.25) is 0 Å². The summed E-state index contributed by atoms with van der Waals surface area (Å²) in [5.41, 5.74) is 5.85. The van der Waals surface area contributed by atoms with Crippen LogP contribution in [0.3, 0.4) is 0 Å². The molecule has 2 atom stereocenters. The number of rotatable bonds is 2. The van der Waals surface area contributed by atoms with Crippen molar-refractivity contribution < 1.29 is 10.2 Å². The molecule has 0 bridgehead atoms. The molecule has 4 N–H and O–H groups in total. The normalized spacial score (nSPS) is 14.4. The first kappa shape index (κ1) is 10.7. The summed E-state index contributed by atoms with van der Waals surface area (Å²) >= 11 is 5.64. The summed E-state index contributed by atoms with van der Waals surface area (Å²) in [5, 5.41) is 26.9. The van der Waals surface area contributed by atoms with Gasteiger partial charge in [0.25, 0.3) is 0 Å². The first-order valence-electron chi connectivity index (χ1n) is 3.73. The van der Waals surface area contributed by atoms with Gasteiger partial charge in [0, 0.05) is 5.56 Å². The van der Waals surface area contributed by atoms with Crippen LogP contribution in [0.2, 0.25) is 5.15 Å². The van der Waals surface area contributed by atoms with Crippen LogP contribution >= 0.6 is 11.6 Å². The van der Waals surface area contributed by atoms with Gasteiger partial charge in [-0.1, -0.05) is 11.6 Å². The zero-order chi connectivity index (χ0) is 10.7. The monoisotopic (exact) mass is 213 g/mol. The Labute approximate surface area is 85.4 Å². The molecule has 1 rings (SSSR count). The molecule has 2 unspecified atom stereocenters. The number of pyridine rings is 1. The second kappa shape index (κ2) is 4.24. The summed E-state index contributed by atoms with van der Waals surface area (Å²) in [4.78, 5) is 3.68. The fraction of sp³-hybridized carbons (Fsp3) is 0.250. The number of nitrogens with two attached hydrogens (primary N) is 1. The molecule has 0 radical (unpaired) electrons. The molecule has 1 aromatic heterocycles. The van der Waals surface area contributed by atoms with Gasteiger partial charge in [-0.2, -0.15) is 5.26 Å². The molecule has 0 amide bonds. The van der Waals surface area contributed by atoms with Crippen molar-refractivity contribution in [3.8, 4) is 6.07 Å². The number of nitriles is 1. The van der Waals surface area contributed by atoms with E-state index >= 15 is 0 Å². The fourth-order valence-corrected chi connectivity index (χ4v) is 1.15. The van der Waals surface area contributed by atoms with Crippen LogP contribution in [-0.2, 0) is 0 Å². The Morgan fingerprint density at radius 1 is 1.57 bits per heavy atom. The lowest BCUT2D eigenvalue weighted by molar-refractivity contribution is 0.0527. The largest absolute Gasteiger partial charge is 0.397 e. The van der Waals surface area contributed by atoms with Crippen molar-refractivity contribution >= 4 is 17.3 Å². The molecule has 6 heteroatoms. The van der Waals surface area contributed by atoms with E-state index in [4.69, 9.17) is 27.7 Å². The number of nitrogen functional groups attached to an aromatic ring is 1. The Morgan fingerprint density at radius 2 is 2.21 bits per heavy atom. The van der Waals surface area contributed by atoms with Gasteiger partial charge in [0.1, 0.15) is 11.3 Å². The summed E-state index contributed by atoms with van der Waals surface area (Å²) in [7, 11) is 0. The highest BCUT2D eigenvalue weighted by molar-refractivity contribution is 6.30. The lowest BCUT2D eigenvalue weighted by Gasteiger charge is -2.13. The van der Waals surface area contributed by atoms with Gasteiger partial charge < -0.3 is 15.9 Å². The first-order chi connectivity index (χ1) is 6.56. The Hall–Kier alpha value is -1.35. The van der Waals surface area contributed by atoms with Crippen molar-refractivity contribution in [2.24, 2.45) is 0 Å². The zero-order valence-electron chi connectivity index (χ0n) is 7.05. The van der Waals surface area contributed by atoms with Crippen LogP contribution in [0.25, 0.3) is 0 Å². The van der Waals surface area contributed by atoms with Crippen molar-refractivity contribution in [2.45, 2.75) is 12.2 Å². The molecule has 0 saturated carbocycles. The SMILES string of the molecule is N#CC(O)C(O)c1cc(N)cnc1Cl.